The number of nitrogens with zero attached hydrogens (tertiary/aromatic N) is 2. The molecule has 1 atom stereocenters. The highest BCUT2D eigenvalue weighted by atomic mass is 35.5. The second-order valence-electron chi connectivity index (χ2n) is 9.18. The number of carbonyl (C=O) groups excluding carboxylic acids is 1. The first-order valence-electron chi connectivity index (χ1n) is 11.6. The van der Waals surface area contributed by atoms with Crippen molar-refractivity contribution < 1.29 is 4.79 Å². The summed E-state index contributed by atoms with van der Waals surface area (Å²) in [6.07, 6.45) is 2.07. The molecule has 0 bridgehead atoms. The van der Waals surface area contributed by atoms with Gasteiger partial charge in [0.25, 0.3) is 0 Å². The molecule has 2 amide bonds. The Morgan fingerprint density at radius 3 is 2.50 bits per heavy atom. The fourth-order valence-corrected chi connectivity index (χ4v) is 4.80. The van der Waals surface area contributed by atoms with E-state index in [0.717, 1.165) is 28.1 Å². The number of rotatable bonds is 3. The molecule has 0 unspecified atom stereocenters. The van der Waals surface area contributed by atoms with Crippen molar-refractivity contribution in [2.45, 2.75) is 39.3 Å². The number of carbonyl (C=O) groups is 1. The first-order chi connectivity index (χ1) is 16.4. The van der Waals surface area contributed by atoms with Gasteiger partial charge in [0, 0.05) is 22.6 Å². The van der Waals surface area contributed by atoms with Crippen LogP contribution in [0, 0.1) is 6.92 Å². The molecule has 5 rings (SSSR count). The van der Waals surface area contributed by atoms with Gasteiger partial charge in [-0.15, -0.1) is 0 Å². The number of halogens is 1. The Morgan fingerprint density at radius 2 is 1.76 bits per heavy atom. The van der Waals surface area contributed by atoms with Gasteiger partial charge in [-0.1, -0.05) is 74.0 Å². The third kappa shape index (κ3) is 4.10. The highest BCUT2D eigenvalue weighted by Gasteiger charge is 2.33. The number of anilines is 1. The molecule has 3 aromatic carbocycles. The third-order valence-corrected chi connectivity index (χ3v) is 6.97. The third-order valence-electron chi connectivity index (χ3n) is 6.57. The monoisotopic (exact) mass is 469 g/mol. The molecule has 1 aliphatic heterocycles. The maximum atomic E-state index is 13.8. The van der Waals surface area contributed by atoms with Crippen LogP contribution in [0.3, 0.4) is 0 Å². The van der Waals surface area contributed by atoms with Crippen LogP contribution in [0.2, 0.25) is 5.02 Å². The van der Waals surface area contributed by atoms with Crippen molar-refractivity contribution in [3.05, 3.63) is 118 Å². The zero-order chi connectivity index (χ0) is 23.8. The van der Waals surface area contributed by atoms with Crippen LogP contribution in [0.1, 0.15) is 53.8 Å². The lowest BCUT2D eigenvalue weighted by Crippen LogP contribution is -2.37. The number of benzene rings is 3. The summed E-state index contributed by atoms with van der Waals surface area (Å²) < 4.78 is 2.20. The van der Waals surface area contributed by atoms with Gasteiger partial charge in [0.15, 0.2) is 0 Å². The minimum atomic E-state index is -0.246. The number of para-hydroxylation sites is 1. The SMILES string of the molecule is Cc1ccc(NC(=O)N2Cc3ccccc3-n3cccc3[C@H]2c2ccc(C(C)C)cc2)cc1Cl. The van der Waals surface area contributed by atoms with Gasteiger partial charge < -0.3 is 14.8 Å². The van der Waals surface area contributed by atoms with Crippen molar-refractivity contribution in [1.29, 1.82) is 0 Å². The Bertz CT molecular complexity index is 1340. The van der Waals surface area contributed by atoms with E-state index < -0.39 is 0 Å². The zero-order valence-corrected chi connectivity index (χ0v) is 20.4. The number of fused-ring (bicyclic) bond motifs is 3. The molecule has 1 aliphatic rings. The van der Waals surface area contributed by atoms with Crippen LogP contribution in [0.4, 0.5) is 10.5 Å². The summed E-state index contributed by atoms with van der Waals surface area (Å²) in [5.74, 6) is 0.446. The van der Waals surface area contributed by atoms with E-state index in [1.165, 1.54) is 5.56 Å². The standard InChI is InChI=1S/C29H28ClN3O/c1-19(2)21-11-13-22(14-12-21)28-27-9-6-16-32(27)26-8-5-4-7-23(26)18-33(28)29(34)31-24-15-10-20(3)25(30)17-24/h4-17,19,28H,18H2,1-3H3,(H,31,34)/t28-/m1/s1. The number of aromatic nitrogens is 1. The Morgan fingerprint density at radius 1 is 1.00 bits per heavy atom. The fraction of sp³-hybridized carbons (Fsp3) is 0.207. The topological polar surface area (TPSA) is 37.3 Å². The minimum Gasteiger partial charge on any atom is -0.318 e. The zero-order valence-electron chi connectivity index (χ0n) is 19.6. The van der Waals surface area contributed by atoms with Gasteiger partial charge in [-0.25, -0.2) is 4.79 Å². The molecule has 1 N–H and O–H groups in total. The lowest BCUT2D eigenvalue weighted by molar-refractivity contribution is 0.194. The van der Waals surface area contributed by atoms with E-state index in [-0.39, 0.29) is 12.1 Å². The summed E-state index contributed by atoms with van der Waals surface area (Å²) in [7, 11) is 0. The predicted molar refractivity (Wildman–Crippen MR) is 139 cm³/mol. The van der Waals surface area contributed by atoms with Crippen molar-refractivity contribution in [2.75, 3.05) is 5.32 Å². The molecular weight excluding hydrogens is 442 g/mol. The molecule has 34 heavy (non-hydrogen) atoms. The summed E-state index contributed by atoms with van der Waals surface area (Å²) in [6, 6.07) is 26.2. The lowest BCUT2D eigenvalue weighted by atomic mass is 9.97. The Labute approximate surface area is 205 Å². The number of nitrogens with one attached hydrogen (secondary N) is 1. The fourth-order valence-electron chi connectivity index (χ4n) is 4.62. The van der Waals surface area contributed by atoms with Crippen molar-refractivity contribution in [2.24, 2.45) is 0 Å². The smallest absolute Gasteiger partial charge is 0.318 e. The highest BCUT2D eigenvalue weighted by Crippen LogP contribution is 2.37. The quantitative estimate of drug-likeness (QED) is 0.328. The van der Waals surface area contributed by atoms with Crippen LogP contribution >= 0.6 is 11.6 Å². The number of urea groups is 1. The van der Waals surface area contributed by atoms with Gasteiger partial charge >= 0.3 is 6.03 Å². The van der Waals surface area contributed by atoms with Gasteiger partial charge in [-0.2, -0.15) is 0 Å². The van der Waals surface area contributed by atoms with Crippen LogP contribution in [0.5, 0.6) is 0 Å². The van der Waals surface area contributed by atoms with Crippen LogP contribution in [-0.2, 0) is 6.54 Å². The Kier molecular flexibility index (Phi) is 5.93. The van der Waals surface area contributed by atoms with Crippen molar-refractivity contribution in [1.82, 2.24) is 9.47 Å². The van der Waals surface area contributed by atoms with Gasteiger partial charge in [0.2, 0.25) is 0 Å². The molecule has 5 heteroatoms. The largest absolute Gasteiger partial charge is 0.322 e. The van der Waals surface area contributed by atoms with Crippen LogP contribution < -0.4 is 5.32 Å². The first kappa shape index (κ1) is 22.3. The molecule has 0 saturated heterocycles. The van der Waals surface area contributed by atoms with E-state index in [0.29, 0.717) is 23.2 Å². The van der Waals surface area contributed by atoms with Crippen LogP contribution in [0.15, 0.2) is 85.1 Å². The van der Waals surface area contributed by atoms with Gasteiger partial charge in [-0.05, 0) is 65.4 Å². The van der Waals surface area contributed by atoms with Gasteiger partial charge in [-0.3, -0.25) is 0 Å². The van der Waals surface area contributed by atoms with E-state index in [1.54, 1.807) is 6.07 Å². The number of aryl methyl sites for hydroxylation is 1. The molecule has 1 aromatic heterocycles. The van der Waals surface area contributed by atoms with E-state index in [2.05, 4.69) is 72.4 Å². The molecule has 0 saturated carbocycles. The van der Waals surface area contributed by atoms with E-state index in [4.69, 9.17) is 11.6 Å². The molecule has 4 nitrogen and oxygen atoms in total. The summed E-state index contributed by atoms with van der Waals surface area (Å²) in [4.78, 5) is 15.7. The van der Waals surface area contributed by atoms with Crippen molar-refractivity contribution >= 4 is 23.3 Å². The second-order valence-corrected chi connectivity index (χ2v) is 9.58. The summed E-state index contributed by atoms with van der Waals surface area (Å²) in [5.41, 5.74) is 7.26. The molecule has 0 fully saturated rings. The van der Waals surface area contributed by atoms with Crippen LogP contribution in [0.25, 0.3) is 5.69 Å². The maximum absolute atomic E-state index is 13.8. The predicted octanol–water partition coefficient (Wildman–Crippen LogP) is 7.70. The summed E-state index contributed by atoms with van der Waals surface area (Å²) in [5, 5.41) is 3.72. The maximum Gasteiger partial charge on any atom is 0.322 e. The Hall–Kier alpha value is -3.50. The molecule has 0 radical (unpaired) electrons. The summed E-state index contributed by atoms with van der Waals surface area (Å²) >= 11 is 6.33. The Balaban J connectivity index is 1.60. The van der Waals surface area contributed by atoms with Gasteiger partial charge in [0.05, 0.1) is 18.3 Å². The normalized spacial score (nSPS) is 15.0. The molecule has 0 spiro atoms. The molecule has 0 aliphatic carbocycles. The molecule has 2 heterocycles. The number of hydrogen-bond acceptors (Lipinski definition) is 1. The lowest BCUT2D eigenvalue weighted by Gasteiger charge is -2.31. The number of hydrogen-bond donors (Lipinski definition) is 1. The minimum absolute atomic E-state index is 0.165. The van der Waals surface area contributed by atoms with E-state index in [9.17, 15) is 4.79 Å². The van der Waals surface area contributed by atoms with Gasteiger partial charge in [0.1, 0.15) is 0 Å². The second kappa shape index (κ2) is 9.03. The van der Waals surface area contributed by atoms with Crippen LogP contribution in [-0.4, -0.2) is 15.5 Å². The van der Waals surface area contributed by atoms with Crippen molar-refractivity contribution in [3.8, 4) is 5.69 Å². The molecule has 4 aromatic rings. The highest BCUT2D eigenvalue weighted by molar-refractivity contribution is 6.31. The average molecular weight is 470 g/mol. The van der Waals surface area contributed by atoms with Crippen molar-refractivity contribution in [3.63, 3.8) is 0 Å². The first-order valence-corrected chi connectivity index (χ1v) is 12.0. The number of amides is 2. The molecule has 172 valence electrons. The van der Waals surface area contributed by atoms with E-state index >= 15 is 0 Å². The molecular formula is C29H28ClN3O. The van der Waals surface area contributed by atoms with E-state index in [1.807, 2.05) is 42.2 Å². The average Bonchev–Trinajstić information content (AvgIpc) is 3.26. The summed E-state index contributed by atoms with van der Waals surface area (Å²) in [6.45, 7) is 6.81.